The van der Waals surface area contributed by atoms with Gasteiger partial charge in [-0.1, -0.05) is 51.1 Å². The van der Waals surface area contributed by atoms with E-state index in [-0.39, 0.29) is 16.6 Å². The van der Waals surface area contributed by atoms with Crippen molar-refractivity contribution in [2.45, 2.75) is 46.6 Å². The highest BCUT2D eigenvalue weighted by Gasteiger charge is 2.13. The second kappa shape index (κ2) is 8.54. The summed E-state index contributed by atoms with van der Waals surface area (Å²) >= 11 is 0. The molecule has 3 aromatic carbocycles. The van der Waals surface area contributed by atoms with Crippen LogP contribution in [-0.4, -0.2) is 0 Å². The predicted octanol–water partition coefficient (Wildman–Crippen LogP) is 7.08. The molecule has 4 rings (SSSR count). The van der Waals surface area contributed by atoms with Crippen molar-refractivity contribution in [2.75, 3.05) is 0 Å². The maximum absolute atomic E-state index is 12.9. The number of hydrogen-bond donors (Lipinski definition) is 0. The third kappa shape index (κ3) is 4.86. The highest BCUT2D eigenvalue weighted by atomic mass is 16.5. The Balaban J connectivity index is 1.51. The number of fused-ring (bicyclic) bond motifs is 1. The molecular weight excluding hydrogens is 400 g/mol. The van der Waals surface area contributed by atoms with Crippen LogP contribution in [0.1, 0.15) is 43.0 Å². The minimum absolute atomic E-state index is 0.121. The Kier molecular flexibility index (Phi) is 5.79. The van der Waals surface area contributed by atoms with Gasteiger partial charge in [-0.15, -0.1) is 0 Å². The number of rotatable bonds is 5. The Morgan fingerprint density at radius 1 is 0.844 bits per heavy atom. The first-order valence-electron chi connectivity index (χ1n) is 10.7. The normalized spacial score (nSPS) is 11.5. The molecule has 4 nitrogen and oxygen atoms in total. The van der Waals surface area contributed by atoms with Crippen molar-refractivity contribution in [2.24, 2.45) is 0 Å². The molecule has 0 amide bonds. The maximum atomic E-state index is 12.9. The first-order chi connectivity index (χ1) is 15.2. The molecule has 0 saturated heterocycles. The van der Waals surface area contributed by atoms with Crippen molar-refractivity contribution >= 4 is 11.0 Å². The monoisotopic (exact) mass is 428 g/mol. The van der Waals surface area contributed by atoms with E-state index in [4.69, 9.17) is 13.9 Å². The van der Waals surface area contributed by atoms with E-state index >= 15 is 0 Å². The molecule has 164 valence electrons. The smallest absolute Gasteiger partial charge is 0.235 e. The Bertz CT molecular complexity index is 1290. The Morgan fingerprint density at radius 3 is 2.19 bits per heavy atom. The van der Waals surface area contributed by atoms with Gasteiger partial charge in [0.25, 0.3) is 0 Å². The second-order valence-electron chi connectivity index (χ2n) is 9.25. The Hall–Kier alpha value is -3.53. The fourth-order valence-corrected chi connectivity index (χ4v) is 3.64. The predicted molar refractivity (Wildman–Crippen MR) is 128 cm³/mol. The molecule has 0 bridgehead atoms. The lowest BCUT2D eigenvalue weighted by Crippen LogP contribution is -2.10. The van der Waals surface area contributed by atoms with Gasteiger partial charge in [-0.25, -0.2) is 0 Å². The van der Waals surface area contributed by atoms with Crippen LogP contribution < -0.4 is 14.9 Å². The molecule has 32 heavy (non-hydrogen) atoms. The molecule has 1 heterocycles. The molecule has 0 aliphatic rings. The molecule has 0 aliphatic carbocycles. The second-order valence-corrected chi connectivity index (χ2v) is 9.25. The van der Waals surface area contributed by atoms with Crippen molar-refractivity contribution in [1.29, 1.82) is 0 Å². The standard InChI is InChI=1S/C28H28O4/c1-18-12-19(2)14-23(13-18)32-26-17-31-25-15-22(10-11-24(25)27(26)29)30-16-20-6-8-21(9-7-20)28(3,4)5/h6-15,17H,16H2,1-5H3. The zero-order valence-electron chi connectivity index (χ0n) is 19.2. The molecule has 0 N–H and O–H groups in total. The minimum atomic E-state index is -0.213. The molecule has 0 spiro atoms. The third-order valence-corrected chi connectivity index (χ3v) is 5.36. The molecule has 0 aliphatic heterocycles. The van der Waals surface area contributed by atoms with Crippen molar-refractivity contribution in [1.82, 2.24) is 0 Å². The van der Waals surface area contributed by atoms with Crippen LogP contribution >= 0.6 is 0 Å². The Labute approximate surface area is 188 Å². The summed E-state index contributed by atoms with van der Waals surface area (Å²) in [4.78, 5) is 12.9. The zero-order valence-corrected chi connectivity index (χ0v) is 19.2. The summed E-state index contributed by atoms with van der Waals surface area (Å²) in [6.45, 7) is 11.0. The summed E-state index contributed by atoms with van der Waals surface area (Å²) in [5.74, 6) is 1.42. The third-order valence-electron chi connectivity index (χ3n) is 5.36. The van der Waals surface area contributed by atoms with Gasteiger partial charge >= 0.3 is 0 Å². The van der Waals surface area contributed by atoms with E-state index < -0.39 is 0 Å². The molecule has 0 saturated carbocycles. The van der Waals surface area contributed by atoms with Crippen LogP contribution in [0, 0.1) is 13.8 Å². The van der Waals surface area contributed by atoms with Gasteiger partial charge in [0.1, 0.15) is 30.0 Å². The van der Waals surface area contributed by atoms with Gasteiger partial charge in [0.05, 0.1) is 5.39 Å². The highest BCUT2D eigenvalue weighted by molar-refractivity contribution is 5.79. The fourth-order valence-electron chi connectivity index (χ4n) is 3.64. The van der Waals surface area contributed by atoms with Crippen LogP contribution in [0.5, 0.6) is 17.2 Å². The van der Waals surface area contributed by atoms with E-state index in [0.29, 0.717) is 29.1 Å². The molecule has 0 fully saturated rings. The minimum Gasteiger partial charge on any atom is -0.489 e. The Morgan fingerprint density at radius 2 is 1.53 bits per heavy atom. The summed E-state index contributed by atoms with van der Waals surface area (Å²) in [6.07, 6.45) is 1.36. The number of benzene rings is 3. The lowest BCUT2D eigenvalue weighted by atomic mass is 9.87. The van der Waals surface area contributed by atoms with Crippen LogP contribution in [0.4, 0.5) is 0 Å². The lowest BCUT2D eigenvalue weighted by Gasteiger charge is -2.19. The lowest BCUT2D eigenvalue weighted by molar-refractivity contribution is 0.306. The average Bonchev–Trinajstić information content (AvgIpc) is 2.73. The van der Waals surface area contributed by atoms with Crippen molar-refractivity contribution in [3.8, 4) is 17.2 Å². The summed E-state index contributed by atoms with van der Waals surface area (Å²) in [7, 11) is 0. The van der Waals surface area contributed by atoms with Crippen LogP contribution in [0.2, 0.25) is 0 Å². The highest BCUT2D eigenvalue weighted by Crippen LogP contribution is 2.26. The van der Waals surface area contributed by atoms with Gasteiger partial charge < -0.3 is 13.9 Å². The van der Waals surface area contributed by atoms with E-state index in [1.54, 1.807) is 18.2 Å². The van der Waals surface area contributed by atoms with E-state index in [0.717, 1.165) is 16.7 Å². The molecule has 1 aromatic heterocycles. The zero-order chi connectivity index (χ0) is 22.9. The summed E-state index contributed by atoms with van der Waals surface area (Å²) in [5, 5.41) is 0.453. The molecule has 0 unspecified atom stereocenters. The molecule has 4 aromatic rings. The number of hydrogen-bond acceptors (Lipinski definition) is 4. The van der Waals surface area contributed by atoms with E-state index in [2.05, 4.69) is 51.1 Å². The topological polar surface area (TPSA) is 48.7 Å². The average molecular weight is 429 g/mol. The largest absolute Gasteiger partial charge is 0.489 e. The van der Waals surface area contributed by atoms with E-state index in [1.165, 1.54) is 11.8 Å². The van der Waals surface area contributed by atoms with Crippen LogP contribution in [0.25, 0.3) is 11.0 Å². The van der Waals surface area contributed by atoms with Crippen LogP contribution in [0.15, 0.2) is 76.1 Å². The van der Waals surface area contributed by atoms with E-state index in [9.17, 15) is 4.79 Å². The number of ether oxygens (including phenoxy) is 2. The maximum Gasteiger partial charge on any atom is 0.235 e. The van der Waals surface area contributed by atoms with Gasteiger partial charge in [0.15, 0.2) is 0 Å². The van der Waals surface area contributed by atoms with Crippen molar-refractivity contribution in [3.05, 3.63) is 99.4 Å². The van der Waals surface area contributed by atoms with Gasteiger partial charge in [-0.2, -0.15) is 0 Å². The van der Waals surface area contributed by atoms with Crippen LogP contribution in [-0.2, 0) is 12.0 Å². The number of aryl methyl sites for hydroxylation is 2. The SMILES string of the molecule is Cc1cc(C)cc(Oc2coc3cc(OCc4ccc(C(C)(C)C)cc4)ccc3c2=O)c1. The summed E-state index contributed by atoms with van der Waals surface area (Å²) in [6, 6.07) is 19.5. The van der Waals surface area contributed by atoms with Crippen molar-refractivity contribution < 1.29 is 13.9 Å². The van der Waals surface area contributed by atoms with Crippen LogP contribution in [0.3, 0.4) is 0 Å². The first-order valence-corrected chi connectivity index (χ1v) is 10.7. The summed E-state index contributed by atoms with van der Waals surface area (Å²) < 4.78 is 17.4. The molecule has 0 atom stereocenters. The van der Waals surface area contributed by atoms with Gasteiger partial charge in [0.2, 0.25) is 11.2 Å². The van der Waals surface area contributed by atoms with Gasteiger partial charge in [-0.05, 0) is 65.8 Å². The quantitative estimate of drug-likeness (QED) is 0.341. The van der Waals surface area contributed by atoms with Gasteiger partial charge in [0, 0.05) is 6.07 Å². The van der Waals surface area contributed by atoms with E-state index in [1.807, 2.05) is 26.0 Å². The molecule has 4 heteroatoms. The molecule has 0 radical (unpaired) electrons. The fraction of sp³-hybridized carbons (Fsp3) is 0.250. The summed E-state index contributed by atoms with van der Waals surface area (Å²) in [5.41, 5.74) is 4.87. The van der Waals surface area contributed by atoms with Gasteiger partial charge in [-0.3, -0.25) is 4.79 Å². The first kappa shape index (κ1) is 21.7. The molecular formula is C28H28O4. The van der Waals surface area contributed by atoms with Crippen molar-refractivity contribution in [3.63, 3.8) is 0 Å².